The van der Waals surface area contributed by atoms with Crippen molar-refractivity contribution < 1.29 is 9.59 Å². The predicted octanol–water partition coefficient (Wildman–Crippen LogP) is 1.30. The Morgan fingerprint density at radius 2 is 1.95 bits per heavy atom. The summed E-state index contributed by atoms with van der Waals surface area (Å²) in [7, 11) is 0. The van der Waals surface area contributed by atoms with Crippen LogP contribution in [0.2, 0.25) is 5.02 Å². The molecule has 0 saturated carbocycles. The van der Waals surface area contributed by atoms with Crippen LogP contribution in [0.3, 0.4) is 0 Å². The molecule has 20 heavy (non-hydrogen) atoms. The van der Waals surface area contributed by atoms with Gasteiger partial charge >= 0.3 is 0 Å². The third-order valence-corrected chi connectivity index (χ3v) is 3.34. The number of para-hydroxylation sites is 1. The number of hydrogen-bond acceptors (Lipinski definition) is 4. The van der Waals surface area contributed by atoms with E-state index in [0.717, 1.165) is 11.3 Å². The van der Waals surface area contributed by atoms with Crippen LogP contribution in [-0.2, 0) is 16.1 Å². The van der Waals surface area contributed by atoms with E-state index in [-0.39, 0.29) is 24.9 Å². The number of carbonyl (C=O) groups excluding carboxylic acids is 2. The van der Waals surface area contributed by atoms with Crippen LogP contribution in [0.5, 0.6) is 0 Å². The monoisotopic (exact) mass is 295 g/mol. The molecule has 1 fully saturated rings. The number of carbonyl (C=O) groups is 2. The molecule has 6 heteroatoms. The Morgan fingerprint density at radius 3 is 2.55 bits per heavy atom. The fraction of sp³-hybridized carbons (Fsp3) is 0.429. The molecule has 0 aliphatic carbocycles. The summed E-state index contributed by atoms with van der Waals surface area (Å²) in [5.74, 6) is -0.604. The highest BCUT2D eigenvalue weighted by Gasteiger charge is 2.25. The summed E-state index contributed by atoms with van der Waals surface area (Å²) in [6.45, 7) is 5.04. The van der Waals surface area contributed by atoms with E-state index in [0.29, 0.717) is 17.6 Å². The molecule has 1 aliphatic heterocycles. The zero-order valence-electron chi connectivity index (χ0n) is 11.6. The van der Waals surface area contributed by atoms with E-state index in [9.17, 15) is 9.59 Å². The first-order valence-electron chi connectivity index (χ1n) is 6.55. The van der Waals surface area contributed by atoms with Crippen molar-refractivity contribution in [3.05, 3.63) is 28.8 Å². The lowest BCUT2D eigenvalue weighted by Crippen LogP contribution is -2.52. The third-order valence-electron chi connectivity index (χ3n) is 3.04. The molecule has 0 aromatic heterocycles. The molecule has 1 heterocycles. The number of rotatable bonds is 4. The molecule has 0 radical (unpaired) electrons. The SMILES string of the molecule is CC(C)NCc1cccc(Cl)c1N1CC(=O)NC(=O)C1. The van der Waals surface area contributed by atoms with Crippen LogP contribution in [-0.4, -0.2) is 30.9 Å². The van der Waals surface area contributed by atoms with Crippen molar-refractivity contribution in [1.29, 1.82) is 0 Å². The van der Waals surface area contributed by atoms with Gasteiger partial charge in [0.05, 0.1) is 23.8 Å². The predicted molar refractivity (Wildman–Crippen MR) is 78.8 cm³/mol. The summed E-state index contributed by atoms with van der Waals surface area (Å²) in [4.78, 5) is 24.8. The van der Waals surface area contributed by atoms with E-state index in [4.69, 9.17) is 11.6 Å². The van der Waals surface area contributed by atoms with Gasteiger partial charge in [0.2, 0.25) is 11.8 Å². The zero-order chi connectivity index (χ0) is 14.7. The Labute approximate surface area is 123 Å². The van der Waals surface area contributed by atoms with Crippen molar-refractivity contribution in [2.24, 2.45) is 0 Å². The Balaban J connectivity index is 2.29. The Hall–Kier alpha value is -1.59. The van der Waals surface area contributed by atoms with E-state index in [1.807, 2.05) is 12.1 Å². The fourth-order valence-corrected chi connectivity index (χ4v) is 2.48. The van der Waals surface area contributed by atoms with Gasteiger partial charge in [-0.15, -0.1) is 0 Å². The second-order valence-corrected chi connectivity index (χ2v) is 5.52. The molecule has 1 saturated heterocycles. The van der Waals surface area contributed by atoms with Crippen LogP contribution in [0.1, 0.15) is 19.4 Å². The van der Waals surface area contributed by atoms with E-state index in [2.05, 4.69) is 24.5 Å². The maximum atomic E-state index is 11.5. The number of benzene rings is 1. The largest absolute Gasteiger partial charge is 0.351 e. The van der Waals surface area contributed by atoms with Crippen molar-refractivity contribution in [1.82, 2.24) is 10.6 Å². The minimum Gasteiger partial charge on any atom is -0.351 e. The lowest BCUT2D eigenvalue weighted by molar-refractivity contribution is -0.130. The maximum Gasteiger partial charge on any atom is 0.246 e. The molecule has 2 N–H and O–H groups in total. The van der Waals surface area contributed by atoms with Crippen LogP contribution in [0.25, 0.3) is 0 Å². The van der Waals surface area contributed by atoms with Crippen LogP contribution in [0, 0.1) is 0 Å². The molecule has 0 bridgehead atoms. The molecule has 108 valence electrons. The second kappa shape index (κ2) is 6.24. The Kier molecular flexibility index (Phi) is 4.62. The third kappa shape index (κ3) is 3.49. The van der Waals surface area contributed by atoms with Gasteiger partial charge in [0.25, 0.3) is 0 Å². The highest BCUT2D eigenvalue weighted by atomic mass is 35.5. The summed E-state index contributed by atoms with van der Waals surface area (Å²) in [5, 5.41) is 6.16. The van der Waals surface area contributed by atoms with Gasteiger partial charge in [-0.25, -0.2) is 0 Å². The summed E-state index contributed by atoms with van der Waals surface area (Å²) < 4.78 is 0. The maximum absolute atomic E-state index is 11.5. The number of hydrogen-bond donors (Lipinski definition) is 2. The number of anilines is 1. The molecule has 0 atom stereocenters. The quantitative estimate of drug-likeness (QED) is 0.822. The molecule has 2 amide bonds. The fourth-order valence-electron chi connectivity index (χ4n) is 2.17. The van der Waals surface area contributed by atoms with Gasteiger partial charge in [-0.2, -0.15) is 0 Å². The Bertz CT molecular complexity index is 515. The van der Waals surface area contributed by atoms with Gasteiger partial charge in [0, 0.05) is 12.6 Å². The molecular weight excluding hydrogens is 278 g/mol. The van der Waals surface area contributed by atoms with Crippen LogP contribution in [0.15, 0.2) is 18.2 Å². The lowest BCUT2D eigenvalue weighted by Gasteiger charge is -2.30. The molecule has 0 spiro atoms. The lowest BCUT2D eigenvalue weighted by atomic mass is 10.1. The van der Waals surface area contributed by atoms with Crippen molar-refractivity contribution in [3.8, 4) is 0 Å². The molecule has 1 aliphatic rings. The highest BCUT2D eigenvalue weighted by Crippen LogP contribution is 2.30. The summed E-state index contributed by atoms with van der Waals surface area (Å²) in [6, 6.07) is 5.93. The molecule has 0 unspecified atom stereocenters. The van der Waals surface area contributed by atoms with E-state index in [1.165, 1.54) is 0 Å². The van der Waals surface area contributed by atoms with Crippen LogP contribution < -0.4 is 15.5 Å². The number of nitrogens with one attached hydrogen (secondary N) is 2. The van der Waals surface area contributed by atoms with E-state index in [1.54, 1.807) is 11.0 Å². The average molecular weight is 296 g/mol. The average Bonchev–Trinajstić information content (AvgIpc) is 2.35. The van der Waals surface area contributed by atoms with Gasteiger partial charge in [-0.1, -0.05) is 37.6 Å². The molecule has 1 aromatic rings. The smallest absolute Gasteiger partial charge is 0.246 e. The van der Waals surface area contributed by atoms with Crippen LogP contribution in [0.4, 0.5) is 5.69 Å². The van der Waals surface area contributed by atoms with Gasteiger partial charge in [-0.05, 0) is 11.6 Å². The molecule has 2 rings (SSSR count). The topological polar surface area (TPSA) is 61.4 Å². The van der Waals surface area contributed by atoms with Crippen molar-refractivity contribution in [2.75, 3.05) is 18.0 Å². The molecule has 5 nitrogen and oxygen atoms in total. The van der Waals surface area contributed by atoms with Gasteiger partial charge in [0.1, 0.15) is 0 Å². The molecule has 1 aromatic carbocycles. The van der Waals surface area contributed by atoms with Crippen molar-refractivity contribution in [3.63, 3.8) is 0 Å². The van der Waals surface area contributed by atoms with Gasteiger partial charge in [-0.3, -0.25) is 14.9 Å². The summed E-state index contributed by atoms with van der Waals surface area (Å²) >= 11 is 6.26. The van der Waals surface area contributed by atoms with E-state index < -0.39 is 0 Å². The normalized spacial score (nSPS) is 15.7. The standard InChI is InChI=1S/C14H18ClN3O2/c1-9(2)16-6-10-4-3-5-11(15)14(10)18-7-12(19)17-13(20)8-18/h3-5,9,16H,6-8H2,1-2H3,(H,17,19,20). The highest BCUT2D eigenvalue weighted by molar-refractivity contribution is 6.33. The first-order chi connectivity index (χ1) is 9.47. The summed E-state index contributed by atoms with van der Waals surface area (Å²) in [5.41, 5.74) is 1.74. The second-order valence-electron chi connectivity index (χ2n) is 5.11. The van der Waals surface area contributed by atoms with Gasteiger partial charge < -0.3 is 10.2 Å². The number of nitrogens with zero attached hydrogens (tertiary/aromatic N) is 1. The van der Waals surface area contributed by atoms with E-state index >= 15 is 0 Å². The van der Waals surface area contributed by atoms with Gasteiger partial charge in [0.15, 0.2) is 0 Å². The minimum absolute atomic E-state index is 0.143. The molecular formula is C14H18ClN3O2. The van der Waals surface area contributed by atoms with Crippen molar-refractivity contribution >= 4 is 29.1 Å². The number of amides is 2. The number of halogens is 1. The number of imide groups is 1. The Morgan fingerprint density at radius 1 is 1.30 bits per heavy atom. The first kappa shape index (κ1) is 14.8. The number of piperazine rings is 1. The van der Waals surface area contributed by atoms with Crippen molar-refractivity contribution in [2.45, 2.75) is 26.4 Å². The first-order valence-corrected chi connectivity index (χ1v) is 6.93. The zero-order valence-corrected chi connectivity index (χ0v) is 12.3. The minimum atomic E-state index is -0.302. The van der Waals surface area contributed by atoms with Crippen LogP contribution >= 0.6 is 11.6 Å². The summed E-state index contributed by atoms with van der Waals surface area (Å²) in [6.07, 6.45) is 0.